The van der Waals surface area contributed by atoms with Crippen LogP contribution in [0.5, 0.6) is 5.75 Å². The lowest BCUT2D eigenvalue weighted by molar-refractivity contribution is 0.101. The molecule has 0 saturated carbocycles. The largest absolute Gasteiger partial charge is 0.489 e. The van der Waals surface area contributed by atoms with Gasteiger partial charge in [-0.25, -0.2) is 18.7 Å². The first-order valence-electron chi connectivity index (χ1n) is 9.97. The quantitative estimate of drug-likeness (QED) is 0.480. The second-order valence-corrected chi connectivity index (χ2v) is 7.61. The molecule has 0 fully saturated rings. The van der Waals surface area contributed by atoms with Crippen molar-refractivity contribution in [3.05, 3.63) is 59.9 Å². The van der Waals surface area contributed by atoms with Gasteiger partial charge in [-0.05, 0) is 32.9 Å². The van der Waals surface area contributed by atoms with Crippen molar-refractivity contribution in [2.45, 2.75) is 33.3 Å². The number of fused-ring (bicyclic) bond motifs is 1. The number of ether oxygens (including phenoxy) is 1. The van der Waals surface area contributed by atoms with Crippen LogP contribution >= 0.6 is 0 Å². The number of carbonyl (C=O) groups is 1. The van der Waals surface area contributed by atoms with E-state index in [4.69, 9.17) is 4.74 Å². The fourth-order valence-corrected chi connectivity index (χ4v) is 3.33. The first-order valence-corrected chi connectivity index (χ1v) is 9.97. The van der Waals surface area contributed by atoms with Crippen molar-refractivity contribution < 1.29 is 18.3 Å². The lowest BCUT2D eigenvalue weighted by Crippen LogP contribution is -2.17. The summed E-state index contributed by atoms with van der Waals surface area (Å²) in [5, 5.41) is 7.07. The van der Waals surface area contributed by atoms with Gasteiger partial charge in [0.25, 0.3) is 12.3 Å². The van der Waals surface area contributed by atoms with Gasteiger partial charge in [-0.1, -0.05) is 6.07 Å². The maximum atomic E-state index is 13.0. The van der Waals surface area contributed by atoms with Crippen molar-refractivity contribution in [2.75, 3.05) is 5.32 Å². The monoisotopic (exact) mass is 440 g/mol. The molecule has 0 spiro atoms. The summed E-state index contributed by atoms with van der Waals surface area (Å²) >= 11 is 0. The summed E-state index contributed by atoms with van der Waals surface area (Å²) in [4.78, 5) is 21.1. The van der Waals surface area contributed by atoms with Gasteiger partial charge in [-0.2, -0.15) is 5.10 Å². The van der Waals surface area contributed by atoms with Crippen LogP contribution in [-0.4, -0.2) is 36.2 Å². The molecule has 0 atom stereocenters. The number of alkyl halides is 2. The number of aromatic nitrogens is 5. The highest BCUT2D eigenvalue weighted by molar-refractivity contribution is 6.03. The number of hydrogen-bond donors (Lipinski definition) is 1. The van der Waals surface area contributed by atoms with Gasteiger partial charge < -0.3 is 14.5 Å². The van der Waals surface area contributed by atoms with Crippen LogP contribution in [0.4, 0.5) is 14.5 Å². The minimum absolute atomic E-state index is 0.115. The van der Waals surface area contributed by atoms with E-state index in [-0.39, 0.29) is 11.8 Å². The number of pyridine rings is 2. The van der Waals surface area contributed by atoms with Crippen molar-refractivity contribution in [1.29, 1.82) is 0 Å². The van der Waals surface area contributed by atoms with Crippen LogP contribution in [0.2, 0.25) is 0 Å². The normalized spacial score (nSPS) is 11.5. The summed E-state index contributed by atoms with van der Waals surface area (Å²) in [5.74, 6) is -0.213. The van der Waals surface area contributed by atoms with Gasteiger partial charge in [-0.3, -0.25) is 9.48 Å². The predicted molar refractivity (Wildman–Crippen MR) is 115 cm³/mol. The Balaban J connectivity index is 1.72. The average molecular weight is 440 g/mol. The standard InChI is InChI=1S/C22H22F2N6O2/c1-12(2)32-19-8-20-26-17(14-9-29(4)28-13(14)3)10-30(20)11-18(19)27-22(31)16-7-5-6-15(25-16)21(23)24/h5-12,21H,1-4H3,(H,27,31). The smallest absolute Gasteiger partial charge is 0.280 e. The van der Waals surface area contributed by atoms with Gasteiger partial charge in [0.05, 0.1) is 17.5 Å². The molecule has 0 aliphatic rings. The average Bonchev–Trinajstić information content (AvgIpc) is 3.29. The summed E-state index contributed by atoms with van der Waals surface area (Å²) in [6, 6.07) is 5.64. The number of anilines is 1. The second kappa shape index (κ2) is 8.37. The molecule has 0 radical (unpaired) electrons. The van der Waals surface area contributed by atoms with Gasteiger partial charge in [-0.15, -0.1) is 0 Å². The van der Waals surface area contributed by atoms with Gasteiger partial charge in [0.2, 0.25) is 0 Å². The first-order chi connectivity index (χ1) is 15.2. The van der Waals surface area contributed by atoms with Crippen LogP contribution in [0.1, 0.15) is 42.1 Å². The molecule has 0 bridgehead atoms. The highest BCUT2D eigenvalue weighted by Gasteiger charge is 2.18. The van der Waals surface area contributed by atoms with Gasteiger partial charge >= 0.3 is 0 Å². The number of nitrogens with one attached hydrogen (secondary N) is 1. The minimum atomic E-state index is -2.76. The Morgan fingerprint density at radius 3 is 2.59 bits per heavy atom. The lowest BCUT2D eigenvalue weighted by atomic mass is 10.2. The van der Waals surface area contributed by atoms with Crippen molar-refractivity contribution in [1.82, 2.24) is 24.1 Å². The van der Waals surface area contributed by atoms with E-state index >= 15 is 0 Å². The van der Waals surface area contributed by atoms with E-state index in [1.165, 1.54) is 18.2 Å². The van der Waals surface area contributed by atoms with E-state index in [0.717, 1.165) is 17.0 Å². The summed E-state index contributed by atoms with van der Waals surface area (Å²) in [7, 11) is 1.84. The molecule has 0 aromatic carbocycles. The molecule has 4 aromatic rings. The zero-order valence-electron chi connectivity index (χ0n) is 18.0. The van der Waals surface area contributed by atoms with E-state index in [0.29, 0.717) is 17.1 Å². The molecule has 10 heteroatoms. The Labute approximate surface area is 182 Å². The maximum absolute atomic E-state index is 13.0. The summed E-state index contributed by atoms with van der Waals surface area (Å²) in [6.07, 6.45) is 2.45. The maximum Gasteiger partial charge on any atom is 0.280 e. The minimum Gasteiger partial charge on any atom is -0.489 e. The van der Waals surface area contributed by atoms with E-state index in [2.05, 4.69) is 20.4 Å². The Morgan fingerprint density at radius 2 is 1.94 bits per heavy atom. The molecule has 4 heterocycles. The highest BCUT2D eigenvalue weighted by atomic mass is 19.3. The third-order valence-electron chi connectivity index (χ3n) is 4.68. The molecule has 8 nitrogen and oxygen atoms in total. The Hall–Kier alpha value is -3.82. The molecule has 0 aliphatic carbocycles. The summed E-state index contributed by atoms with van der Waals surface area (Å²) < 4.78 is 35.3. The van der Waals surface area contributed by atoms with E-state index in [1.807, 2.05) is 40.2 Å². The number of carbonyl (C=O) groups excluding carboxylic acids is 1. The van der Waals surface area contributed by atoms with Crippen LogP contribution < -0.4 is 10.1 Å². The molecule has 4 aromatic heterocycles. The zero-order valence-corrected chi connectivity index (χ0v) is 18.0. The number of nitrogens with zero attached hydrogens (tertiary/aromatic N) is 5. The molecule has 1 amide bonds. The summed E-state index contributed by atoms with van der Waals surface area (Å²) in [5.41, 5.74) is 2.87. The fraction of sp³-hybridized carbons (Fsp3) is 0.273. The molecular weight excluding hydrogens is 418 g/mol. The zero-order chi connectivity index (χ0) is 23.0. The molecule has 32 heavy (non-hydrogen) atoms. The molecule has 0 aliphatic heterocycles. The number of amides is 1. The lowest BCUT2D eigenvalue weighted by Gasteiger charge is -2.15. The van der Waals surface area contributed by atoms with Crippen LogP contribution in [0.25, 0.3) is 16.9 Å². The molecule has 1 N–H and O–H groups in total. The van der Waals surface area contributed by atoms with Gasteiger partial charge in [0.1, 0.15) is 28.5 Å². The number of halogens is 2. The van der Waals surface area contributed by atoms with Gasteiger partial charge in [0.15, 0.2) is 0 Å². The molecule has 4 rings (SSSR count). The molecule has 0 unspecified atom stereocenters. The Morgan fingerprint density at radius 1 is 1.16 bits per heavy atom. The summed E-state index contributed by atoms with van der Waals surface area (Å²) in [6.45, 7) is 5.62. The van der Waals surface area contributed by atoms with Crippen molar-refractivity contribution in [3.63, 3.8) is 0 Å². The van der Waals surface area contributed by atoms with Crippen molar-refractivity contribution in [2.24, 2.45) is 7.05 Å². The number of aryl methyl sites for hydroxylation is 2. The van der Waals surface area contributed by atoms with Crippen LogP contribution in [0.3, 0.4) is 0 Å². The predicted octanol–water partition coefficient (Wildman–Crippen LogP) is 4.42. The van der Waals surface area contributed by atoms with Crippen LogP contribution in [0.15, 0.2) is 42.9 Å². The molecule has 0 saturated heterocycles. The SMILES string of the molecule is Cc1nn(C)cc1-c1cn2cc(NC(=O)c3cccc(C(F)F)n3)c(OC(C)C)cc2n1. The third-order valence-corrected chi connectivity index (χ3v) is 4.68. The number of imidazole rings is 1. The van der Waals surface area contributed by atoms with Crippen molar-refractivity contribution in [3.8, 4) is 17.0 Å². The second-order valence-electron chi connectivity index (χ2n) is 7.61. The first kappa shape index (κ1) is 21.4. The molecular formula is C22H22F2N6O2. The fourth-order valence-electron chi connectivity index (χ4n) is 3.33. The topological polar surface area (TPSA) is 86.3 Å². The van der Waals surface area contributed by atoms with Crippen molar-refractivity contribution >= 4 is 17.2 Å². The van der Waals surface area contributed by atoms with E-state index in [1.54, 1.807) is 21.3 Å². The van der Waals surface area contributed by atoms with Crippen LogP contribution in [-0.2, 0) is 7.05 Å². The van der Waals surface area contributed by atoms with Crippen LogP contribution in [0, 0.1) is 6.92 Å². The van der Waals surface area contributed by atoms with Gasteiger partial charge in [0, 0.05) is 37.3 Å². The van der Waals surface area contributed by atoms with E-state index < -0.39 is 18.0 Å². The molecule has 166 valence electrons. The third kappa shape index (κ3) is 4.29. The van der Waals surface area contributed by atoms with E-state index in [9.17, 15) is 13.6 Å². The Kier molecular flexibility index (Phi) is 5.60. The number of rotatable bonds is 6. The Bertz CT molecular complexity index is 1300. The highest BCUT2D eigenvalue weighted by Crippen LogP contribution is 2.30. The number of hydrogen-bond acceptors (Lipinski definition) is 5.